The third-order valence-corrected chi connectivity index (χ3v) is 3.10. The molecular weight excluding hydrogens is 190 g/mol. The van der Waals surface area contributed by atoms with Crippen molar-refractivity contribution in [3.05, 3.63) is 0 Å². The van der Waals surface area contributed by atoms with Gasteiger partial charge in [-0.05, 0) is 0 Å². The van der Waals surface area contributed by atoms with Gasteiger partial charge in [-0.25, -0.2) is 0 Å². The third kappa shape index (κ3) is 1.35. The Morgan fingerprint density at radius 2 is 1.21 bits per heavy atom. The summed E-state index contributed by atoms with van der Waals surface area (Å²) in [6.07, 6.45) is -5.49. The molecule has 14 heavy (non-hydrogen) atoms. The van der Waals surface area contributed by atoms with Gasteiger partial charge in [0, 0.05) is 13.1 Å². The Hall–Kier alpha value is -0.240. The largest absolute Gasteiger partial charge is 0.389 e. The van der Waals surface area contributed by atoms with Crippen LogP contribution in [-0.4, -0.2) is 80.1 Å². The Kier molecular flexibility index (Phi) is 2.50. The predicted octanol–water partition coefficient (Wildman–Crippen LogP) is -3.51. The van der Waals surface area contributed by atoms with Crippen LogP contribution in [0, 0.1) is 0 Å². The molecule has 0 spiro atoms. The minimum atomic E-state index is -1.25. The quantitative estimate of drug-likeness (QED) is 0.281. The average Bonchev–Trinajstić information content (AvgIpc) is 2.39. The molecule has 2 heterocycles. The summed E-state index contributed by atoms with van der Waals surface area (Å²) in [7, 11) is 0. The fourth-order valence-corrected chi connectivity index (χ4v) is 2.31. The van der Waals surface area contributed by atoms with Gasteiger partial charge in [0.05, 0.1) is 24.4 Å². The van der Waals surface area contributed by atoms with Crippen LogP contribution in [0.5, 0.6) is 0 Å². The molecule has 0 unspecified atom stereocenters. The zero-order chi connectivity index (χ0) is 10.5. The molecule has 2 saturated heterocycles. The molecule has 0 bridgehead atoms. The number of aliphatic hydroxyl groups excluding tert-OH is 5. The topological polar surface area (TPSA) is 104 Å². The summed E-state index contributed by atoms with van der Waals surface area (Å²) >= 11 is 0. The average molecular weight is 205 g/mol. The second kappa shape index (κ2) is 3.41. The molecule has 2 aliphatic heterocycles. The van der Waals surface area contributed by atoms with Gasteiger partial charge in [0.1, 0.15) is 12.2 Å². The van der Waals surface area contributed by atoms with Crippen molar-refractivity contribution in [2.75, 3.05) is 13.1 Å². The van der Waals surface area contributed by atoms with Gasteiger partial charge in [0.25, 0.3) is 0 Å². The number of piperidine rings is 1. The molecular formula is C8H15NO5. The molecule has 6 atom stereocenters. The highest BCUT2D eigenvalue weighted by Gasteiger charge is 2.51. The zero-order valence-corrected chi connectivity index (χ0v) is 7.56. The number of fused-ring (bicyclic) bond motifs is 1. The molecule has 82 valence electrons. The van der Waals surface area contributed by atoms with Crippen molar-refractivity contribution in [1.29, 1.82) is 0 Å². The van der Waals surface area contributed by atoms with E-state index in [1.807, 2.05) is 0 Å². The van der Waals surface area contributed by atoms with Crippen molar-refractivity contribution < 1.29 is 25.5 Å². The minimum Gasteiger partial charge on any atom is -0.389 e. The van der Waals surface area contributed by atoms with Crippen molar-refractivity contribution in [3.63, 3.8) is 0 Å². The molecule has 6 nitrogen and oxygen atoms in total. The van der Waals surface area contributed by atoms with E-state index in [9.17, 15) is 25.5 Å². The van der Waals surface area contributed by atoms with Crippen molar-refractivity contribution in [2.24, 2.45) is 0 Å². The molecule has 2 fully saturated rings. The Morgan fingerprint density at radius 1 is 0.714 bits per heavy atom. The van der Waals surface area contributed by atoms with Crippen molar-refractivity contribution >= 4 is 0 Å². The SMILES string of the molecule is O[C@@H]1[C@@H]2[C@@H](O)[C@H](O)[C@@H](O)CN2C[C@H]1O. The van der Waals surface area contributed by atoms with Crippen LogP contribution in [0.2, 0.25) is 0 Å². The van der Waals surface area contributed by atoms with Crippen molar-refractivity contribution in [2.45, 2.75) is 36.6 Å². The molecule has 0 aromatic carbocycles. The normalized spacial score (nSPS) is 54.6. The van der Waals surface area contributed by atoms with E-state index in [1.165, 1.54) is 0 Å². The summed E-state index contributed by atoms with van der Waals surface area (Å²) in [5, 5.41) is 47.2. The molecule has 5 N–H and O–H groups in total. The highest BCUT2D eigenvalue weighted by atomic mass is 16.4. The monoisotopic (exact) mass is 205 g/mol. The van der Waals surface area contributed by atoms with E-state index in [-0.39, 0.29) is 13.1 Å². The van der Waals surface area contributed by atoms with Gasteiger partial charge >= 0.3 is 0 Å². The van der Waals surface area contributed by atoms with Gasteiger partial charge in [0.2, 0.25) is 0 Å². The summed E-state index contributed by atoms with van der Waals surface area (Å²) < 4.78 is 0. The fourth-order valence-electron chi connectivity index (χ4n) is 2.31. The van der Waals surface area contributed by atoms with Crippen LogP contribution >= 0.6 is 0 Å². The zero-order valence-electron chi connectivity index (χ0n) is 7.56. The Balaban J connectivity index is 2.18. The molecule has 0 aromatic rings. The lowest BCUT2D eigenvalue weighted by Gasteiger charge is -2.40. The highest BCUT2D eigenvalue weighted by Crippen LogP contribution is 2.28. The Bertz CT molecular complexity index is 224. The molecule has 2 aliphatic rings. The van der Waals surface area contributed by atoms with Crippen LogP contribution < -0.4 is 0 Å². The summed E-state index contributed by atoms with van der Waals surface area (Å²) in [5.41, 5.74) is 0. The maximum Gasteiger partial charge on any atom is 0.109 e. The number of aliphatic hydroxyl groups is 5. The van der Waals surface area contributed by atoms with Crippen molar-refractivity contribution in [3.8, 4) is 0 Å². The Morgan fingerprint density at radius 3 is 1.79 bits per heavy atom. The first kappa shape index (κ1) is 10.3. The van der Waals surface area contributed by atoms with Crippen LogP contribution in [0.15, 0.2) is 0 Å². The first-order valence-electron chi connectivity index (χ1n) is 4.66. The standard InChI is InChI=1S/C8H15NO5/c10-3-1-9-2-4(11)7(13)8(14)5(9)6(3)12/h3-8,10-14H,1-2H2/t3-,4+,5-,6+,7-,8-/m1/s1. The lowest BCUT2D eigenvalue weighted by molar-refractivity contribution is -0.142. The first-order chi connectivity index (χ1) is 6.52. The molecule has 0 amide bonds. The molecule has 0 radical (unpaired) electrons. The molecule has 2 rings (SSSR count). The van der Waals surface area contributed by atoms with Crippen LogP contribution in [0.1, 0.15) is 0 Å². The van der Waals surface area contributed by atoms with Gasteiger partial charge in [0.15, 0.2) is 0 Å². The fraction of sp³-hybridized carbons (Fsp3) is 1.00. The van der Waals surface area contributed by atoms with Crippen LogP contribution in [-0.2, 0) is 0 Å². The van der Waals surface area contributed by atoms with E-state index in [2.05, 4.69) is 0 Å². The molecule has 6 heteroatoms. The second-order valence-electron chi connectivity index (χ2n) is 4.05. The Labute approximate surface area is 81.0 Å². The van der Waals surface area contributed by atoms with Crippen molar-refractivity contribution in [1.82, 2.24) is 4.90 Å². The smallest absolute Gasteiger partial charge is 0.109 e. The predicted molar refractivity (Wildman–Crippen MR) is 45.4 cm³/mol. The lowest BCUT2D eigenvalue weighted by atomic mass is 9.93. The van der Waals surface area contributed by atoms with E-state index < -0.39 is 36.6 Å². The molecule has 0 aromatic heterocycles. The van der Waals surface area contributed by atoms with Crippen LogP contribution in [0.25, 0.3) is 0 Å². The van der Waals surface area contributed by atoms with E-state index in [0.717, 1.165) is 0 Å². The van der Waals surface area contributed by atoms with E-state index in [0.29, 0.717) is 0 Å². The van der Waals surface area contributed by atoms with E-state index in [1.54, 1.807) is 4.90 Å². The van der Waals surface area contributed by atoms with E-state index >= 15 is 0 Å². The molecule has 0 saturated carbocycles. The van der Waals surface area contributed by atoms with Gasteiger partial charge in [-0.2, -0.15) is 0 Å². The maximum absolute atomic E-state index is 9.58. The summed E-state index contributed by atoms with van der Waals surface area (Å²) in [4.78, 5) is 1.59. The number of nitrogens with zero attached hydrogens (tertiary/aromatic N) is 1. The lowest BCUT2D eigenvalue weighted by Crippen LogP contribution is -2.61. The summed E-state index contributed by atoms with van der Waals surface area (Å²) in [5.74, 6) is 0. The van der Waals surface area contributed by atoms with E-state index in [4.69, 9.17) is 0 Å². The summed E-state index contributed by atoms with van der Waals surface area (Å²) in [6.45, 7) is 0.379. The molecule has 0 aliphatic carbocycles. The van der Waals surface area contributed by atoms with Gasteiger partial charge in [-0.15, -0.1) is 0 Å². The summed E-state index contributed by atoms with van der Waals surface area (Å²) in [6, 6.07) is -0.677. The first-order valence-corrected chi connectivity index (χ1v) is 4.66. The van der Waals surface area contributed by atoms with Crippen LogP contribution in [0.3, 0.4) is 0 Å². The van der Waals surface area contributed by atoms with Gasteiger partial charge in [-0.3, -0.25) is 4.90 Å². The number of hydrogen-bond acceptors (Lipinski definition) is 6. The highest BCUT2D eigenvalue weighted by molar-refractivity contribution is 5.04. The third-order valence-electron chi connectivity index (χ3n) is 3.10. The second-order valence-corrected chi connectivity index (χ2v) is 4.05. The van der Waals surface area contributed by atoms with Crippen LogP contribution in [0.4, 0.5) is 0 Å². The number of rotatable bonds is 0. The maximum atomic E-state index is 9.58. The van der Waals surface area contributed by atoms with Gasteiger partial charge < -0.3 is 25.5 Å². The van der Waals surface area contributed by atoms with Gasteiger partial charge in [-0.1, -0.05) is 0 Å². The minimum absolute atomic E-state index is 0.164. The number of hydrogen-bond donors (Lipinski definition) is 5.